The van der Waals surface area contributed by atoms with Crippen LogP contribution in [0.15, 0.2) is 24.3 Å². The molecule has 2 aliphatic heterocycles. The second-order valence-corrected chi connectivity index (χ2v) is 7.20. The van der Waals surface area contributed by atoms with Crippen LogP contribution in [0.5, 0.6) is 0 Å². The molecule has 3 heterocycles. The number of halogens is 1. The summed E-state index contributed by atoms with van der Waals surface area (Å²) < 4.78 is 1.33. The van der Waals surface area contributed by atoms with E-state index in [2.05, 4.69) is 34.9 Å². The fraction of sp³-hybridized carbons (Fsp3) is 0.471. The number of nitrogens with one attached hydrogen (secondary N) is 2. The van der Waals surface area contributed by atoms with Crippen molar-refractivity contribution >= 4 is 39.7 Å². The highest BCUT2D eigenvalue weighted by Gasteiger charge is 2.30. The van der Waals surface area contributed by atoms with E-state index >= 15 is 0 Å². The van der Waals surface area contributed by atoms with E-state index in [1.165, 1.54) is 20.5 Å². The largest absolute Gasteiger partial charge is 0.340 e. The normalized spacial score (nSPS) is 21.4. The van der Waals surface area contributed by atoms with Crippen molar-refractivity contribution in [2.75, 3.05) is 26.2 Å². The van der Waals surface area contributed by atoms with Gasteiger partial charge in [0.05, 0.1) is 6.04 Å². The van der Waals surface area contributed by atoms with Crippen molar-refractivity contribution in [3.63, 3.8) is 0 Å². The molecule has 6 heteroatoms. The molecule has 2 N–H and O–H groups in total. The molecule has 0 bridgehead atoms. The fourth-order valence-corrected chi connectivity index (χ4v) is 4.65. The van der Waals surface area contributed by atoms with Crippen LogP contribution in [0.1, 0.15) is 16.9 Å². The minimum atomic E-state index is -0.0661. The monoisotopic (exact) mass is 351 g/mol. The third-order valence-electron chi connectivity index (χ3n) is 4.65. The molecule has 124 valence electrons. The van der Waals surface area contributed by atoms with Crippen molar-refractivity contribution < 1.29 is 4.79 Å². The third kappa shape index (κ3) is 3.24. The van der Waals surface area contributed by atoms with Crippen LogP contribution < -0.4 is 10.6 Å². The summed E-state index contributed by atoms with van der Waals surface area (Å²) in [6, 6.07) is 8.48. The van der Waals surface area contributed by atoms with Crippen LogP contribution >= 0.6 is 23.7 Å². The zero-order valence-electron chi connectivity index (χ0n) is 13.0. The van der Waals surface area contributed by atoms with Gasteiger partial charge in [0.2, 0.25) is 5.91 Å². The van der Waals surface area contributed by atoms with Crippen molar-refractivity contribution in [1.82, 2.24) is 15.5 Å². The summed E-state index contributed by atoms with van der Waals surface area (Å²) in [5.41, 5.74) is 1.38. The summed E-state index contributed by atoms with van der Waals surface area (Å²) in [6.07, 6.45) is 1.87. The molecular formula is C17H22ClN3OS. The van der Waals surface area contributed by atoms with E-state index in [-0.39, 0.29) is 24.4 Å². The van der Waals surface area contributed by atoms with Gasteiger partial charge in [-0.3, -0.25) is 4.79 Å². The Morgan fingerprint density at radius 3 is 3.00 bits per heavy atom. The SMILES string of the molecule is Cl.O=C([C@H]1Cc2c(sc3ccccc23)CN1)N1CCCNCC1. The van der Waals surface area contributed by atoms with Crippen molar-refractivity contribution in [2.24, 2.45) is 0 Å². The molecule has 0 unspecified atom stereocenters. The van der Waals surface area contributed by atoms with Gasteiger partial charge in [-0.1, -0.05) is 18.2 Å². The highest BCUT2D eigenvalue weighted by molar-refractivity contribution is 7.19. The summed E-state index contributed by atoms with van der Waals surface area (Å²) in [6.45, 7) is 4.44. The molecule has 4 nitrogen and oxygen atoms in total. The predicted octanol–water partition coefficient (Wildman–Crippen LogP) is 2.16. The lowest BCUT2D eigenvalue weighted by molar-refractivity contribution is -0.133. The molecule has 1 saturated heterocycles. The highest BCUT2D eigenvalue weighted by atomic mass is 35.5. The molecule has 0 aliphatic carbocycles. The smallest absolute Gasteiger partial charge is 0.240 e. The maximum absolute atomic E-state index is 12.8. The number of rotatable bonds is 1. The van der Waals surface area contributed by atoms with Crippen LogP contribution in [0.2, 0.25) is 0 Å². The van der Waals surface area contributed by atoms with Gasteiger partial charge in [0.1, 0.15) is 0 Å². The molecule has 23 heavy (non-hydrogen) atoms. The zero-order chi connectivity index (χ0) is 14.9. The molecule has 0 radical (unpaired) electrons. The Morgan fingerprint density at radius 1 is 1.22 bits per heavy atom. The first-order chi connectivity index (χ1) is 10.8. The van der Waals surface area contributed by atoms with Crippen molar-refractivity contribution in [3.8, 4) is 0 Å². The standard InChI is InChI=1S/C17H21N3OS.ClH/c21-17(20-8-3-6-18-7-9-20)14-10-13-12-4-1-2-5-15(12)22-16(13)11-19-14;/h1-2,4-5,14,18-19H,3,6-11H2;1H/t14-;/m1./s1. The highest BCUT2D eigenvalue weighted by Crippen LogP contribution is 2.34. The van der Waals surface area contributed by atoms with E-state index in [4.69, 9.17) is 0 Å². The number of thiophene rings is 1. The number of carbonyl (C=O) groups is 1. The molecule has 1 aromatic carbocycles. The molecule has 1 atom stereocenters. The summed E-state index contributed by atoms with van der Waals surface area (Å²) in [7, 11) is 0. The minimum Gasteiger partial charge on any atom is -0.340 e. The molecule has 2 aromatic rings. The molecule has 2 aliphatic rings. The van der Waals surface area contributed by atoms with Crippen molar-refractivity contribution in [2.45, 2.75) is 25.4 Å². The van der Waals surface area contributed by atoms with Crippen LogP contribution in [-0.2, 0) is 17.8 Å². The van der Waals surface area contributed by atoms with E-state index in [1.54, 1.807) is 0 Å². The van der Waals surface area contributed by atoms with Gasteiger partial charge in [-0.25, -0.2) is 0 Å². The molecule has 1 fully saturated rings. The second kappa shape index (κ2) is 7.18. The van der Waals surface area contributed by atoms with Crippen LogP contribution in [0.25, 0.3) is 10.1 Å². The molecule has 1 aromatic heterocycles. The Hall–Kier alpha value is -1.14. The number of carbonyl (C=O) groups excluding carboxylic acids is 1. The Balaban J connectivity index is 0.00000156. The van der Waals surface area contributed by atoms with Crippen molar-refractivity contribution in [3.05, 3.63) is 34.7 Å². The fourth-order valence-electron chi connectivity index (χ4n) is 3.47. The lowest BCUT2D eigenvalue weighted by Crippen LogP contribution is -2.50. The molecule has 0 spiro atoms. The van der Waals surface area contributed by atoms with Crippen LogP contribution in [0, 0.1) is 0 Å². The molecule has 4 rings (SSSR count). The summed E-state index contributed by atoms with van der Waals surface area (Å²) in [5, 5.41) is 8.14. The summed E-state index contributed by atoms with van der Waals surface area (Å²) in [5.74, 6) is 0.268. The number of fused-ring (bicyclic) bond motifs is 3. The number of hydrogen-bond donors (Lipinski definition) is 2. The third-order valence-corrected chi connectivity index (χ3v) is 5.86. The van der Waals surface area contributed by atoms with Crippen LogP contribution in [0.3, 0.4) is 0 Å². The second-order valence-electron chi connectivity index (χ2n) is 6.07. The van der Waals surface area contributed by atoms with Gasteiger partial charge in [-0.05, 0) is 36.4 Å². The van der Waals surface area contributed by atoms with Crippen molar-refractivity contribution in [1.29, 1.82) is 0 Å². The van der Waals surface area contributed by atoms with Gasteiger partial charge in [0, 0.05) is 35.8 Å². The van der Waals surface area contributed by atoms with Gasteiger partial charge >= 0.3 is 0 Å². The topological polar surface area (TPSA) is 44.4 Å². The average molecular weight is 352 g/mol. The number of amides is 1. The van der Waals surface area contributed by atoms with E-state index in [9.17, 15) is 4.79 Å². The van der Waals surface area contributed by atoms with Gasteiger partial charge in [0.15, 0.2) is 0 Å². The first-order valence-electron chi connectivity index (χ1n) is 8.05. The quantitative estimate of drug-likeness (QED) is 0.827. The van der Waals surface area contributed by atoms with E-state index in [1.807, 2.05) is 16.2 Å². The maximum Gasteiger partial charge on any atom is 0.240 e. The molecular weight excluding hydrogens is 330 g/mol. The lowest BCUT2D eigenvalue weighted by Gasteiger charge is -2.29. The van der Waals surface area contributed by atoms with Gasteiger partial charge < -0.3 is 15.5 Å². The van der Waals surface area contributed by atoms with E-state index in [0.717, 1.165) is 45.6 Å². The summed E-state index contributed by atoms with van der Waals surface area (Å²) in [4.78, 5) is 16.2. The Kier molecular flexibility index (Phi) is 5.21. The molecule has 1 amide bonds. The molecule has 0 saturated carbocycles. The minimum absolute atomic E-state index is 0. The number of benzene rings is 1. The Bertz CT molecular complexity index is 694. The zero-order valence-corrected chi connectivity index (χ0v) is 14.6. The lowest BCUT2D eigenvalue weighted by atomic mass is 9.98. The van der Waals surface area contributed by atoms with Gasteiger partial charge in [-0.15, -0.1) is 23.7 Å². The first kappa shape index (κ1) is 16.7. The number of hydrogen-bond acceptors (Lipinski definition) is 4. The Labute approximate surface area is 146 Å². The number of nitrogens with zero attached hydrogens (tertiary/aromatic N) is 1. The van der Waals surface area contributed by atoms with Gasteiger partial charge in [0.25, 0.3) is 0 Å². The van der Waals surface area contributed by atoms with E-state index < -0.39 is 0 Å². The predicted molar refractivity (Wildman–Crippen MR) is 97.5 cm³/mol. The van der Waals surface area contributed by atoms with Gasteiger partial charge in [-0.2, -0.15) is 0 Å². The Morgan fingerprint density at radius 2 is 2.09 bits per heavy atom. The van der Waals surface area contributed by atoms with Crippen LogP contribution in [0.4, 0.5) is 0 Å². The maximum atomic E-state index is 12.8. The first-order valence-corrected chi connectivity index (χ1v) is 8.87. The average Bonchev–Trinajstić information content (AvgIpc) is 2.73. The summed E-state index contributed by atoms with van der Waals surface area (Å²) >= 11 is 1.85. The van der Waals surface area contributed by atoms with E-state index in [0.29, 0.717) is 0 Å². The van der Waals surface area contributed by atoms with Crippen LogP contribution in [-0.4, -0.2) is 43.0 Å².